The number of anilines is 2. The van der Waals surface area contributed by atoms with Crippen LogP contribution < -0.4 is 10.6 Å². The number of carbonyl (C=O) groups is 1. The van der Waals surface area contributed by atoms with Gasteiger partial charge >= 0.3 is 12.2 Å². The van der Waals surface area contributed by atoms with Crippen LogP contribution in [-0.4, -0.2) is 21.0 Å². The standard InChI is InChI=1S/C19H16F3N5O/c1-11-7-13(4-6-15(11)19(20,21)22)16-9-23-10-17(26-16)27-18(28)25-14-5-3-12(2)24-8-14/h3-10H,1-2H3,(H2,25,26,27,28). The Morgan fingerprint density at radius 3 is 2.43 bits per heavy atom. The monoisotopic (exact) mass is 387 g/mol. The van der Waals surface area contributed by atoms with Crippen molar-refractivity contribution in [3.63, 3.8) is 0 Å². The highest BCUT2D eigenvalue weighted by Gasteiger charge is 2.32. The van der Waals surface area contributed by atoms with Gasteiger partial charge in [-0.2, -0.15) is 13.2 Å². The number of benzene rings is 1. The van der Waals surface area contributed by atoms with Crippen LogP contribution in [0.1, 0.15) is 16.8 Å². The normalized spacial score (nSPS) is 11.2. The van der Waals surface area contributed by atoms with E-state index in [4.69, 9.17) is 0 Å². The van der Waals surface area contributed by atoms with Crippen molar-refractivity contribution in [3.8, 4) is 11.3 Å². The van der Waals surface area contributed by atoms with E-state index in [-0.39, 0.29) is 11.4 Å². The first-order valence-corrected chi connectivity index (χ1v) is 8.23. The Morgan fingerprint density at radius 1 is 1.00 bits per heavy atom. The van der Waals surface area contributed by atoms with Crippen molar-refractivity contribution in [1.29, 1.82) is 0 Å². The fourth-order valence-electron chi connectivity index (χ4n) is 2.53. The number of nitrogens with one attached hydrogen (secondary N) is 2. The fourth-order valence-corrected chi connectivity index (χ4v) is 2.53. The van der Waals surface area contributed by atoms with Gasteiger partial charge in [-0.15, -0.1) is 0 Å². The molecule has 2 heterocycles. The van der Waals surface area contributed by atoms with Gasteiger partial charge in [0.15, 0.2) is 5.82 Å². The smallest absolute Gasteiger partial charge is 0.306 e. The number of aryl methyl sites for hydroxylation is 2. The minimum absolute atomic E-state index is 0.0785. The second-order valence-electron chi connectivity index (χ2n) is 6.08. The Balaban J connectivity index is 1.76. The van der Waals surface area contributed by atoms with E-state index < -0.39 is 17.8 Å². The number of halogens is 3. The van der Waals surface area contributed by atoms with Gasteiger partial charge in [-0.1, -0.05) is 6.07 Å². The lowest BCUT2D eigenvalue weighted by Crippen LogP contribution is -2.20. The van der Waals surface area contributed by atoms with E-state index in [1.54, 1.807) is 12.1 Å². The molecule has 1 aromatic carbocycles. The third-order valence-electron chi connectivity index (χ3n) is 3.87. The highest BCUT2D eigenvalue weighted by Crippen LogP contribution is 2.33. The van der Waals surface area contributed by atoms with Crippen LogP contribution in [0.5, 0.6) is 0 Å². The first-order valence-electron chi connectivity index (χ1n) is 8.23. The Labute approximate surface area is 158 Å². The third-order valence-corrected chi connectivity index (χ3v) is 3.87. The van der Waals surface area contributed by atoms with Crippen LogP contribution in [0.4, 0.5) is 29.5 Å². The van der Waals surface area contributed by atoms with Crippen LogP contribution in [-0.2, 0) is 6.18 Å². The zero-order valence-corrected chi connectivity index (χ0v) is 15.0. The number of hydrogen-bond acceptors (Lipinski definition) is 4. The van der Waals surface area contributed by atoms with Crippen LogP contribution in [0, 0.1) is 13.8 Å². The Morgan fingerprint density at radius 2 is 1.79 bits per heavy atom. The second-order valence-corrected chi connectivity index (χ2v) is 6.08. The average Bonchev–Trinajstić information content (AvgIpc) is 2.62. The summed E-state index contributed by atoms with van der Waals surface area (Å²) in [6.07, 6.45) is -0.148. The summed E-state index contributed by atoms with van der Waals surface area (Å²) >= 11 is 0. The van der Waals surface area contributed by atoms with E-state index in [1.807, 2.05) is 6.92 Å². The second kappa shape index (κ2) is 7.63. The van der Waals surface area contributed by atoms with Crippen molar-refractivity contribution in [2.24, 2.45) is 0 Å². The number of urea groups is 1. The molecule has 2 aromatic heterocycles. The summed E-state index contributed by atoms with van der Waals surface area (Å²) < 4.78 is 38.7. The number of alkyl halides is 3. The molecule has 0 atom stereocenters. The summed E-state index contributed by atoms with van der Waals surface area (Å²) in [6.45, 7) is 3.21. The van der Waals surface area contributed by atoms with Gasteiger partial charge in [0.1, 0.15) is 0 Å². The molecule has 0 radical (unpaired) electrons. The largest absolute Gasteiger partial charge is 0.416 e. The first kappa shape index (κ1) is 19.3. The van der Waals surface area contributed by atoms with Gasteiger partial charge in [-0.05, 0) is 43.7 Å². The van der Waals surface area contributed by atoms with Gasteiger partial charge in [0.25, 0.3) is 0 Å². The lowest BCUT2D eigenvalue weighted by molar-refractivity contribution is -0.138. The van der Waals surface area contributed by atoms with Crippen LogP contribution in [0.15, 0.2) is 48.9 Å². The van der Waals surface area contributed by atoms with Gasteiger partial charge in [-0.3, -0.25) is 15.3 Å². The van der Waals surface area contributed by atoms with E-state index in [9.17, 15) is 18.0 Å². The number of hydrogen-bond donors (Lipinski definition) is 2. The summed E-state index contributed by atoms with van der Waals surface area (Å²) in [7, 11) is 0. The Kier molecular flexibility index (Phi) is 5.25. The minimum atomic E-state index is -4.42. The molecule has 6 nitrogen and oxygen atoms in total. The maximum absolute atomic E-state index is 12.9. The molecule has 0 bridgehead atoms. The molecule has 3 aromatic rings. The quantitative estimate of drug-likeness (QED) is 0.675. The molecule has 0 aliphatic heterocycles. The van der Waals surface area contributed by atoms with Gasteiger partial charge in [0.2, 0.25) is 0 Å². The van der Waals surface area contributed by atoms with Crippen LogP contribution in [0.3, 0.4) is 0 Å². The van der Waals surface area contributed by atoms with E-state index in [0.717, 1.165) is 11.8 Å². The summed E-state index contributed by atoms with van der Waals surface area (Å²) in [5.74, 6) is 0.160. The number of nitrogens with zero attached hydrogens (tertiary/aromatic N) is 3. The molecule has 0 unspecified atom stereocenters. The third kappa shape index (κ3) is 4.61. The Bertz CT molecular complexity index is 1000. The van der Waals surface area contributed by atoms with E-state index in [1.165, 1.54) is 37.6 Å². The highest BCUT2D eigenvalue weighted by molar-refractivity contribution is 5.99. The van der Waals surface area contributed by atoms with E-state index in [2.05, 4.69) is 25.6 Å². The molecule has 2 N–H and O–H groups in total. The number of amides is 2. The van der Waals surface area contributed by atoms with Gasteiger partial charge in [-0.25, -0.2) is 9.78 Å². The highest BCUT2D eigenvalue weighted by atomic mass is 19.4. The van der Waals surface area contributed by atoms with Crippen molar-refractivity contribution in [1.82, 2.24) is 15.0 Å². The number of carbonyl (C=O) groups excluding carboxylic acids is 1. The summed E-state index contributed by atoms with van der Waals surface area (Å²) in [6, 6.07) is 6.62. The molecule has 0 saturated heterocycles. The number of pyridine rings is 1. The molecular weight excluding hydrogens is 371 g/mol. The minimum Gasteiger partial charge on any atom is -0.306 e. The van der Waals surface area contributed by atoms with Crippen molar-refractivity contribution in [2.45, 2.75) is 20.0 Å². The molecule has 0 aliphatic rings. The molecule has 2 amide bonds. The van der Waals surface area contributed by atoms with Gasteiger partial charge < -0.3 is 5.32 Å². The summed E-state index contributed by atoms with van der Waals surface area (Å²) in [5, 5.41) is 5.14. The number of aromatic nitrogens is 3. The Hall–Kier alpha value is -3.49. The predicted octanol–water partition coefficient (Wildman–Crippen LogP) is 4.82. The maximum atomic E-state index is 12.9. The average molecular weight is 387 g/mol. The van der Waals surface area contributed by atoms with Crippen LogP contribution >= 0.6 is 0 Å². The van der Waals surface area contributed by atoms with Crippen molar-refractivity contribution in [2.75, 3.05) is 10.6 Å². The van der Waals surface area contributed by atoms with Crippen molar-refractivity contribution >= 4 is 17.5 Å². The van der Waals surface area contributed by atoms with Crippen LogP contribution in [0.25, 0.3) is 11.3 Å². The van der Waals surface area contributed by atoms with Crippen LogP contribution in [0.2, 0.25) is 0 Å². The molecule has 0 spiro atoms. The predicted molar refractivity (Wildman–Crippen MR) is 98.8 cm³/mol. The van der Waals surface area contributed by atoms with E-state index in [0.29, 0.717) is 16.9 Å². The molecular formula is C19H16F3N5O. The van der Waals surface area contributed by atoms with Gasteiger partial charge in [0, 0.05) is 11.3 Å². The number of rotatable bonds is 3. The van der Waals surface area contributed by atoms with Gasteiger partial charge in [0.05, 0.1) is 35.5 Å². The van der Waals surface area contributed by atoms with Crippen molar-refractivity contribution < 1.29 is 18.0 Å². The first-order chi connectivity index (χ1) is 13.2. The molecule has 0 aliphatic carbocycles. The lowest BCUT2D eigenvalue weighted by atomic mass is 10.0. The molecule has 0 fully saturated rings. The van der Waals surface area contributed by atoms with E-state index >= 15 is 0 Å². The SMILES string of the molecule is Cc1ccc(NC(=O)Nc2cncc(-c3ccc(C(F)(F)F)c(C)c3)n2)cn1. The summed E-state index contributed by atoms with van der Waals surface area (Å²) in [4.78, 5) is 24.4. The summed E-state index contributed by atoms with van der Waals surface area (Å²) in [5.41, 5.74) is 1.50. The molecule has 3 rings (SSSR count). The molecule has 144 valence electrons. The topological polar surface area (TPSA) is 79.8 Å². The molecule has 28 heavy (non-hydrogen) atoms. The lowest BCUT2D eigenvalue weighted by Gasteiger charge is -2.12. The molecule has 0 saturated carbocycles. The zero-order chi connectivity index (χ0) is 20.3. The van der Waals surface area contributed by atoms with Crippen molar-refractivity contribution in [3.05, 3.63) is 65.7 Å². The molecule has 9 heteroatoms. The fraction of sp³-hybridized carbons (Fsp3) is 0.158. The maximum Gasteiger partial charge on any atom is 0.416 e. The zero-order valence-electron chi connectivity index (χ0n) is 15.0.